The molecule has 0 saturated heterocycles. The summed E-state index contributed by atoms with van der Waals surface area (Å²) < 4.78 is 5.30. The van der Waals surface area contributed by atoms with E-state index in [2.05, 4.69) is 5.32 Å². The standard InChI is InChI=1S/C13H19N3O3/c1-13(2,7-17)16(3)10-5-9-11(4-8(10)14)19-6-12(18)15-9/h4-5,17H,6-7,14H2,1-3H3,(H,15,18). The quantitative estimate of drug-likeness (QED) is 0.704. The van der Waals surface area contributed by atoms with Crippen LogP contribution in [0.1, 0.15) is 13.8 Å². The number of nitrogens with zero attached hydrogens (tertiary/aromatic N) is 1. The van der Waals surface area contributed by atoms with Crippen molar-refractivity contribution in [1.29, 1.82) is 0 Å². The van der Waals surface area contributed by atoms with Crippen molar-refractivity contribution in [3.05, 3.63) is 12.1 Å². The lowest BCUT2D eigenvalue weighted by Crippen LogP contribution is -2.44. The van der Waals surface area contributed by atoms with Crippen molar-refractivity contribution in [3.63, 3.8) is 0 Å². The molecule has 1 aromatic rings. The number of rotatable bonds is 3. The highest BCUT2D eigenvalue weighted by Crippen LogP contribution is 2.38. The number of carbonyl (C=O) groups excluding carboxylic acids is 1. The molecule has 1 aliphatic rings. The molecule has 6 heteroatoms. The molecule has 19 heavy (non-hydrogen) atoms. The van der Waals surface area contributed by atoms with Crippen LogP contribution in [-0.2, 0) is 4.79 Å². The third kappa shape index (κ3) is 2.44. The molecule has 1 aromatic carbocycles. The first kappa shape index (κ1) is 13.5. The number of aliphatic hydroxyl groups excluding tert-OH is 1. The summed E-state index contributed by atoms with van der Waals surface area (Å²) in [6, 6.07) is 3.45. The first-order valence-corrected chi connectivity index (χ1v) is 6.06. The molecular formula is C13H19N3O3. The number of nitrogen functional groups attached to an aromatic ring is 1. The van der Waals surface area contributed by atoms with Gasteiger partial charge in [-0.05, 0) is 19.9 Å². The van der Waals surface area contributed by atoms with Crippen LogP contribution in [0.15, 0.2) is 12.1 Å². The summed E-state index contributed by atoms with van der Waals surface area (Å²) in [4.78, 5) is 13.2. The van der Waals surface area contributed by atoms with Gasteiger partial charge in [0.25, 0.3) is 5.91 Å². The molecule has 0 bridgehead atoms. The van der Waals surface area contributed by atoms with Crippen LogP contribution in [0.25, 0.3) is 0 Å². The van der Waals surface area contributed by atoms with Crippen LogP contribution in [0.4, 0.5) is 17.1 Å². The lowest BCUT2D eigenvalue weighted by atomic mass is 10.0. The van der Waals surface area contributed by atoms with Gasteiger partial charge < -0.3 is 25.8 Å². The van der Waals surface area contributed by atoms with E-state index in [1.54, 1.807) is 12.1 Å². The summed E-state index contributed by atoms with van der Waals surface area (Å²) in [7, 11) is 1.85. The van der Waals surface area contributed by atoms with Crippen LogP contribution in [0.2, 0.25) is 0 Å². The highest BCUT2D eigenvalue weighted by molar-refractivity contribution is 5.97. The van der Waals surface area contributed by atoms with Crippen molar-refractivity contribution in [2.24, 2.45) is 0 Å². The Morgan fingerprint density at radius 2 is 2.21 bits per heavy atom. The normalized spacial score (nSPS) is 14.4. The zero-order valence-electron chi connectivity index (χ0n) is 11.4. The summed E-state index contributed by atoms with van der Waals surface area (Å²) in [5.74, 6) is 0.378. The Kier molecular flexibility index (Phi) is 3.28. The second kappa shape index (κ2) is 4.62. The number of amides is 1. The molecule has 0 saturated carbocycles. The predicted octanol–water partition coefficient (Wildman–Crippen LogP) is 0.807. The topological polar surface area (TPSA) is 87.8 Å². The highest BCUT2D eigenvalue weighted by Gasteiger charge is 2.26. The number of aliphatic hydroxyl groups is 1. The first-order chi connectivity index (χ1) is 8.85. The second-order valence-electron chi connectivity index (χ2n) is 5.27. The van der Waals surface area contributed by atoms with E-state index in [4.69, 9.17) is 10.5 Å². The molecule has 0 radical (unpaired) electrons. The summed E-state index contributed by atoms with van der Waals surface area (Å²) in [6.45, 7) is 3.80. The molecule has 0 spiro atoms. The Hall–Kier alpha value is -1.95. The maximum absolute atomic E-state index is 11.3. The lowest BCUT2D eigenvalue weighted by molar-refractivity contribution is -0.118. The van der Waals surface area contributed by atoms with Crippen LogP contribution in [-0.4, -0.2) is 36.8 Å². The maximum Gasteiger partial charge on any atom is 0.262 e. The van der Waals surface area contributed by atoms with Crippen LogP contribution < -0.4 is 20.7 Å². The zero-order valence-corrected chi connectivity index (χ0v) is 11.4. The highest BCUT2D eigenvalue weighted by atomic mass is 16.5. The third-order valence-electron chi connectivity index (χ3n) is 3.42. The molecule has 1 aliphatic heterocycles. The average Bonchev–Trinajstić information content (AvgIpc) is 2.37. The van der Waals surface area contributed by atoms with Crippen LogP contribution >= 0.6 is 0 Å². The van der Waals surface area contributed by atoms with Gasteiger partial charge in [0.1, 0.15) is 5.75 Å². The van der Waals surface area contributed by atoms with Gasteiger partial charge in [-0.1, -0.05) is 0 Å². The summed E-state index contributed by atoms with van der Waals surface area (Å²) in [6.07, 6.45) is 0. The monoisotopic (exact) mass is 265 g/mol. The van der Waals surface area contributed by atoms with E-state index < -0.39 is 5.54 Å². The second-order valence-corrected chi connectivity index (χ2v) is 5.27. The molecule has 0 atom stereocenters. The van der Waals surface area contributed by atoms with E-state index in [0.29, 0.717) is 17.1 Å². The van der Waals surface area contributed by atoms with Crippen molar-refractivity contribution < 1.29 is 14.6 Å². The number of hydrogen-bond donors (Lipinski definition) is 3. The molecule has 4 N–H and O–H groups in total. The smallest absolute Gasteiger partial charge is 0.262 e. The van der Waals surface area contributed by atoms with Crippen molar-refractivity contribution in [2.75, 3.05) is 36.2 Å². The number of benzene rings is 1. The number of carbonyl (C=O) groups is 1. The van der Waals surface area contributed by atoms with Crippen molar-refractivity contribution >= 4 is 23.0 Å². The first-order valence-electron chi connectivity index (χ1n) is 6.06. The Balaban J connectivity index is 2.42. The molecule has 0 unspecified atom stereocenters. The minimum absolute atomic E-state index is 0.00373. The van der Waals surface area contributed by atoms with Gasteiger partial charge in [-0.15, -0.1) is 0 Å². The molecule has 6 nitrogen and oxygen atoms in total. The van der Waals surface area contributed by atoms with Gasteiger partial charge in [0.15, 0.2) is 6.61 Å². The van der Waals surface area contributed by atoms with E-state index in [0.717, 1.165) is 5.69 Å². The Morgan fingerprint density at radius 3 is 2.84 bits per heavy atom. The molecule has 2 rings (SSSR count). The summed E-state index contributed by atoms with van der Waals surface area (Å²) >= 11 is 0. The third-order valence-corrected chi connectivity index (χ3v) is 3.42. The number of nitrogens with two attached hydrogens (primary N) is 1. The Labute approximate surface area is 112 Å². The number of hydrogen-bond acceptors (Lipinski definition) is 5. The van der Waals surface area contributed by atoms with Gasteiger partial charge in [0.05, 0.1) is 29.2 Å². The van der Waals surface area contributed by atoms with Gasteiger partial charge in [-0.25, -0.2) is 0 Å². The fourth-order valence-corrected chi connectivity index (χ4v) is 1.85. The number of nitrogens with one attached hydrogen (secondary N) is 1. The maximum atomic E-state index is 11.3. The molecule has 0 fully saturated rings. The van der Waals surface area contributed by atoms with E-state index in [9.17, 15) is 9.90 Å². The minimum Gasteiger partial charge on any atom is -0.482 e. The molecule has 104 valence electrons. The van der Waals surface area contributed by atoms with E-state index >= 15 is 0 Å². The molecule has 1 amide bonds. The van der Waals surface area contributed by atoms with Crippen LogP contribution in [0.5, 0.6) is 5.75 Å². The van der Waals surface area contributed by atoms with E-state index in [1.807, 2.05) is 25.8 Å². The minimum atomic E-state index is -0.456. The van der Waals surface area contributed by atoms with Gasteiger partial charge in [0, 0.05) is 13.1 Å². The summed E-state index contributed by atoms with van der Waals surface area (Å²) in [5, 5.41) is 12.2. The lowest BCUT2D eigenvalue weighted by Gasteiger charge is -2.37. The number of anilines is 3. The molecule has 0 aliphatic carbocycles. The fraction of sp³-hybridized carbons (Fsp3) is 0.462. The van der Waals surface area contributed by atoms with Gasteiger partial charge in [-0.3, -0.25) is 4.79 Å². The van der Waals surface area contributed by atoms with Crippen LogP contribution in [0, 0.1) is 0 Å². The number of likely N-dealkylation sites (N-methyl/N-ethyl adjacent to an activating group) is 1. The van der Waals surface area contributed by atoms with Gasteiger partial charge >= 0.3 is 0 Å². The zero-order chi connectivity index (χ0) is 14.2. The molecule has 1 heterocycles. The fourth-order valence-electron chi connectivity index (χ4n) is 1.85. The average molecular weight is 265 g/mol. The van der Waals surface area contributed by atoms with Crippen LogP contribution in [0.3, 0.4) is 0 Å². The van der Waals surface area contributed by atoms with Crippen molar-refractivity contribution in [2.45, 2.75) is 19.4 Å². The van der Waals surface area contributed by atoms with Crippen molar-refractivity contribution in [1.82, 2.24) is 0 Å². The van der Waals surface area contributed by atoms with Crippen molar-refractivity contribution in [3.8, 4) is 5.75 Å². The van der Waals surface area contributed by atoms with Gasteiger partial charge in [-0.2, -0.15) is 0 Å². The Bertz CT molecular complexity index is 514. The number of ether oxygens (including phenoxy) is 1. The SMILES string of the molecule is CN(c1cc2c(cc1N)OCC(=O)N2)C(C)(C)CO. The van der Waals surface area contributed by atoms with E-state index in [-0.39, 0.29) is 19.1 Å². The molecular weight excluding hydrogens is 246 g/mol. The summed E-state index contributed by atoms with van der Waals surface area (Å²) in [5.41, 5.74) is 7.44. The number of fused-ring (bicyclic) bond motifs is 1. The Morgan fingerprint density at radius 1 is 1.53 bits per heavy atom. The predicted molar refractivity (Wildman–Crippen MR) is 74.5 cm³/mol. The van der Waals surface area contributed by atoms with E-state index in [1.165, 1.54) is 0 Å². The molecule has 0 aromatic heterocycles. The van der Waals surface area contributed by atoms with Gasteiger partial charge in [0.2, 0.25) is 0 Å². The largest absolute Gasteiger partial charge is 0.482 e.